The van der Waals surface area contributed by atoms with Gasteiger partial charge in [0.05, 0.1) is 18.0 Å². The number of unbranched alkanes of at least 4 members (excludes halogenated alkanes) is 3. The van der Waals surface area contributed by atoms with Crippen LogP contribution in [0.2, 0.25) is 0 Å². The molecule has 0 saturated heterocycles. The molecule has 0 amide bonds. The molecule has 0 aliphatic heterocycles. The molecular formula is C18H29BrCl2O6. The quantitative estimate of drug-likeness (QED) is 0.148. The van der Waals surface area contributed by atoms with E-state index in [1.165, 1.54) is 0 Å². The molecule has 158 valence electrons. The summed E-state index contributed by atoms with van der Waals surface area (Å²) in [5.41, 5.74) is 0. The summed E-state index contributed by atoms with van der Waals surface area (Å²) < 4.78 is 9.49. The molecule has 1 atom stereocenters. The third-order valence-electron chi connectivity index (χ3n) is 3.20. The van der Waals surface area contributed by atoms with Gasteiger partial charge in [0.15, 0.2) is 0 Å². The van der Waals surface area contributed by atoms with E-state index in [9.17, 15) is 19.2 Å². The molecule has 0 aliphatic carbocycles. The SMILES string of the molecule is CCOC(=O)CCCCC(Br)C(=O)Cl.CCOC(=O)CCCCCC(=O)Cl. The van der Waals surface area contributed by atoms with Gasteiger partial charge >= 0.3 is 11.9 Å². The molecule has 1 unspecified atom stereocenters. The number of alkyl halides is 1. The zero-order valence-electron chi connectivity index (χ0n) is 15.9. The molecule has 0 N–H and O–H groups in total. The van der Waals surface area contributed by atoms with E-state index >= 15 is 0 Å². The monoisotopic (exact) mass is 490 g/mol. The number of halogens is 3. The lowest BCUT2D eigenvalue weighted by Crippen LogP contribution is -2.07. The Morgan fingerprint density at radius 3 is 1.63 bits per heavy atom. The number of esters is 2. The smallest absolute Gasteiger partial charge is 0.305 e. The van der Waals surface area contributed by atoms with E-state index in [-0.39, 0.29) is 27.3 Å². The molecule has 6 nitrogen and oxygen atoms in total. The molecular weight excluding hydrogens is 463 g/mol. The molecule has 0 fully saturated rings. The van der Waals surface area contributed by atoms with Crippen molar-refractivity contribution < 1.29 is 28.7 Å². The van der Waals surface area contributed by atoms with Crippen LogP contribution in [0.1, 0.15) is 71.6 Å². The van der Waals surface area contributed by atoms with Crippen molar-refractivity contribution in [2.75, 3.05) is 13.2 Å². The van der Waals surface area contributed by atoms with Crippen LogP contribution in [-0.4, -0.2) is 40.5 Å². The molecule has 0 aromatic rings. The van der Waals surface area contributed by atoms with Gasteiger partial charge in [-0.3, -0.25) is 19.2 Å². The van der Waals surface area contributed by atoms with Crippen LogP contribution >= 0.6 is 39.1 Å². The van der Waals surface area contributed by atoms with Crippen LogP contribution in [0, 0.1) is 0 Å². The van der Waals surface area contributed by atoms with Gasteiger partial charge in [0.2, 0.25) is 10.5 Å². The topological polar surface area (TPSA) is 86.7 Å². The van der Waals surface area contributed by atoms with E-state index in [0.29, 0.717) is 38.9 Å². The fourth-order valence-electron chi connectivity index (χ4n) is 1.88. The maximum atomic E-state index is 10.9. The highest BCUT2D eigenvalue weighted by Crippen LogP contribution is 2.14. The van der Waals surface area contributed by atoms with Crippen molar-refractivity contribution in [2.45, 2.75) is 76.5 Å². The number of carbonyl (C=O) groups is 4. The summed E-state index contributed by atoms with van der Waals surface area (Å²) in [4.78, 5) is 42.3. The Bertz CT molecular complexity index is 446. The highest BCUT2D eigenvalue weighted by molar-refractivity contribution is 9.10. The van der Waals surface area contributed by atoms with Gasteiger partial charge in [-0.15, -0.1) is 0 Å². The summed E-state index contributed by atoms with van der Waals surface area (Å²) >= 11 is 13.5. The van der Waals surface area contributed by atoms with E-state index < -0.39 is 0 Å². The van der Waals surface area contributed by atoms with Crippen LogP contribution in [0.15, 0.2) is 0 Å². The third-order valence-corrected chi connectivity index (χ3v) is 4.79. The Morgan fingerprint density at radius 1 is 0.778 bits per heavy atom. The molecule has 0 spiro atoms. The largest absolute Gasteiger partial charge is 0.466 e. The van der Waals surface area contributed by atoms with Crippen LogP contribution in [0.5, 0.6) is 0 Å². The summed E-state index contributed by atoms with van der Waals surface area (Å²) in [6.07, 6.45) is 5.76. The lowest BCUT2D eigenvalue weighted by molar-refractivity contribution is -0.144. The Kier molecular flexibility index (Phi) is 21.2. The van der Waals surface area contributed by atoms with Gasteiger partial charge in [-0.2, -0.15) is 0 Å². The van der Waals surface area contributed by atoms with Crippen LogP contribution in [0.4, 0.5) is 0 Å². The lowest BCUT2D eigenvalue weighted by Gasteiger charge is -2.04. The minimum Gasteiger partial charge on any atom is -0.466 e. The average Bonchev–Trinajstić information content (AvgIpc) is 2.59. The fourth-order valence-corrected chi connectivity index (χ4v) is 2.45. The Labute approximate surface area is 179 Å². The van der Waals surface area contributed by atoms with E-state index in [4.69, 9.17) is 32.7 Å². The Morgan fingerprint density at radius 2 is 1.22 bits per heavy atom. The summed E-state index contributed by atoms with van der Waals surface area (Å²) in [5, 5.41) is -0.697. The second-order valence-electron chi connectivity index (χ2n) is 5.54. The highest BCUT2D eigenvalue weighted by Gasteiger charge is 2.11. The molecule has 0 rings (SSSR count). The zero-order chi connectivity index (χ0) is 21.1. The molecule has 0 heterocycles. The fraction of sp³-hybridized carbons (Fsp3) is 0.778. The Hall–Kier alpha value is -0.660. The van der Waals surface area contributed by atoms with E-state index in [1.807, 2.05) is 0 Å². The number of carbonyl (C=O) groups excluding carboxylic acids is 4. The van der Waals surface area contributed by atoms with Gasteiger partial charge in [0, 0.05) is 19.3 Å². The maximum absolute atomic E-state index is 10.9. The van der Waals surface area contributed by atoms with Gasteiger partial charge in [-0.1, -0.05) is 28.8 Å². The van der Waals surface area contributed by atoms with Gasteiger partial charge in [0.25, 0.3) is 0 Å². The second-order valence-corrected chi connectivity index (χ2v) is 7.44. The molecule has 27 heavy (non-hydrogen) atoms. The van der Waals surface area contributed by atoms with Crippen LogP contribution in [0.25, 0.3) is 0 Å². The Balaban J connectivity index is 0. The van der Waals surface area contributed by atoms with E-state index in [2.05, 4.69) is 15.9 Å². The lowest BCUT2D eigenvalue weighted by atomic mass is 10.1. The highest BCUT2D eigenvalue weighted by atomic mass is 79.9. The molecule has 0 aromatic carbocycles. The van der Waals surface area contributed by atoms with Crippen molar-refractivity contribution in [3.05, 3.63) is 0 Å². The van der Waals surface area contributed by atoms with Crippen molar-refractivity contribution in [3.63, 3.8) is 0 Å². The summed E-state index contributed by atoms with van der Waals surface area (Å²) in [6, 6.07) is 0. The van der Waals surface area contributed by atoms with Crippen molar-refractivity contribution in [1.82, 2.24) is 0 Å². The predicted molar refractivity (Wildman–Crippen MR) is 109 cm³/mol. The van der Waals surface area contributed by atoms with E-state index in [1.54, 1.807) is 13.8 Å². The minimum absolute atomic E-state index is 0.167. The summed E-state index contributed by atoms with van der Waals surface area (Å²) in [5.74, 6) is -0.351. The summed E-state index contributed by atoms with van der Waals surface area (Å²) in [7, 11) is 0. The van der Waals surface area contributed by atoms with Crippen molar-refractivity contribution >= 4 is 61.6 Å². The van der Waals surface area contributed by atoms with Crippen molar-refractivity contribution in [3.8, 4) is 0 Å². The summed E-state index contributed by atoms with van der Waals surface area (Å²) in [6.45, 7) is 4.40. The number of rotatable bonds is 14. The third kappa shape index (κ3) is 23.3. The zero-order valence-corrected chi connectivity index (χ0v) is 19.0. The molecule has 0 aliphatic rings. The first-order chi connectivity index (χ1) is 12.7. The predicted octanol–water partition coefficient (Wildman–Crippen LogP) is 4.90. The first-order valence-electron chi connectivity index (χ1n) is 9.07. The van der Waals surface area contributed by atoms with E-state index in [0.717, 1.165) is 32.1 Å². The molecule has 0 radical (unpaired) electrons. The van der Waals surface area contributed by atoms with Gasteiger partial charge in [-0.25, -0.2) is 0 Å². The van der Waals surface area contributed by atoms with Crippen LogP contribution in [-0.2, 0) is 28.7 Å². The average molecular weight is 492 g/mol. The minimum atomic E-state index is -0.388. The number of hydrogen-bond acceptors (Lipinski definition) is 6. The molecule has 0 saturated carbocycles. The molecule has 9 heteroatoms. The van der Waals surface area contributed by atoms with Crippen LogP contribution < -0.4 is 0 Å². The van der Waals surface area contributed by atoms with Gasteiger partial charge in [0.1, 0.15) is 0 Å². The van der Waals surface area contributed by atoms with Crippen LogP contribution in [0.3, 0.4) is 0 Å². The maximum Gasteiger partial charge on any atom is 0.305 e. The van der Waals surface area contributed by atoms with Crippen molar-refractivity contribution in [1.29, 1.82) is 0 Å². The van der Waals surface area contributed by atoms with Gasteiger partial charge in [-0.05, 0) is 62.7 Å². The molecule has 0 bridgehead atoms. The van der Waals surface area contributed by atoms with Crippen molar-refractivity contribution in [2.24, 2.45) is 0 Å². The normalized spacial score (nSPS) is 11.0. The van der Waals surface area contributed by atoms with Gasteiger partial charge < -0.3 is 9.47 Å². The number of hydrogen-bond donors (Lipinski definition) is 0. The first kappa shape index (κ1) is 28.5. The standard InChI is InChI=1S/C9H14BrClO3.C9H15ClO3/c1-2-14-8(12)6-4-3-5-7(10)9(11)13;1-2-13-9(12)7-5-3-4-6-8(10)11/h7H,2-6H2,1H3;2-7H2,1H3. The second kappa shape index (κ2) is 20.1. The first-order valence-corrected chi connectivity index (χ1v) is 10.7. The number of ether oxygens (including phenoxy) is 2. The molecule has 0 aromatic heterocycles.